The Labute approximate surface area is 87.9 Å². The third-order valence-corrected chi connectivity index (χ3v) is 2.74. The Morgan fingerprint density at radius 3 is 2.40 bits per heavy atom. The van der Waals surface area contributed by atoms with Crippen LogP contribution in [0.3, 0.4) is 0 Å². The largest absolute Gasteiger partial charge is 0.319 e. The van der Waals surface area contributed by atoms with Gasteiger partial charge in [-0.1, -0.05) is 11.6 Å². The Morgan fingerprint density at radius 2 is 2.00 bits per heavy atom. The van der Waals surface area contributed by atoms with Crippen molar-refractivity contribution in [1.29, 1.82) is 0 Å². The highest BCUT2D eigenvalue weighted by molar-refractivity contribution is 7.89. The van der Waals surface area contributed by atoms with Crippen molar-refractivity contribution in [1.82, 2.24) is 4.98 Å². The molecule has 1 aromatic rings. The first-order chi connectivity index (χ1) is 6.73. The summed E-state index contributed by atoms with van der Waals surface area (Å²) in [7, 11) is -4.35. The zero-order chi connectivity index (χ0) is 11.8. The van der Waals surface area contributed by atoms with E-state index in [-0.39, 0.29) is 0 Å². The molecule has 9 heteroatoms. The van der Waals surface area contributed by atoms with Gasteiger partial charge in [0.05, 0.1) is 0 Å². The van der Waals surface area contributed by atoms with E-state index in [0.29, 0.717) is 6.07 Å². The number of pyridine rings is 1. The van der Waals surface area contributed by atoms with Crippen LogP contribution in [-0.4, -0.2) is 13.4 Å². The van der Waals surface area contributed by atoms with Gasteiger partial charge in [0.1, 0.15) is 15.6 Å². The summed E-state index contributed by atoms with van der Waals surface area (Å²) in [5, 5.41) is 4.15. The molecule has 1 aromatic heterocycles. The lowest BCUT2D eigenvalue weighted by molar-refractivity contribution is 0.142. The van der Waals surface area contributed by atoms with Gasteiger partial charge in [0, 0.05) is 0 Å². The molecule has 0 unspecified atom stereocenters. The predicted octanol–water partition coefficient (Wildman–Crippen LogP) is 0.613. The summed E-state index contributed by atoms with van der Waals surface area (Å²) in [5.74, 6) is 0. The van der Waals surface area contributed by atoms with Gasteiger partial charge in [-0.25, -0.2) is 22.3 Å². The molecule has 5 nitrogen and oxygen atoms in total. The average molecular weight is 259 g/mol. The average Bonchev–Trinajstić information content (AvgIpc) is 2.06. The maximum absolute atomic E-state index is 12.3. The van der Waals surface area contributed by atoms with Crippen molar-refractivity contribution in [3.63, 3.8) is 0 Å². The minimum atomic E-state index is -4.35. The molecule has 0 saturated heterocycles. The van der Waals surface area contributed by atoms with Crippen LogP contribution < -0.4 is 10.7 Å². The van der Waals surface area contributed by atoms with Gasteiger partial charge in [-0.15, -0.1) is 0 Å². The fourth-order valence-electron chi connectivity index (χ4n) is 0.900. The number of nitrogens with two attached hydrogens (primary N) is 1. The van der Waals surface area contributed by atoms with Crippen LogP contribution in [0.2, 0.25) is 5.02 Å². The van der Waals surface area contributed by atoms with Crippen molar-refractivity contribution in [3.05, 3.63) is 27.1 Å². The van der Waals surface area contributed by atoms with E-state index in [9.17, 15) is 22.0 Å². The second kappa shape index (κ2) is 3.87. The Bertz CT molecular complexity index is 540. The molecule has 0 spiro atoms. The molecule has 3 N–H and O–H groups in total. The number of rotatable bonds is 2. The maximum Gasteiger partial charge on any atom is 0.279 e. The lowest BCUT2D eigenvalue weighted by Gasteiger charge is -2.06. The van der Waals surface area contributed by atoms with Crippen LogP contribution in [0.5, 0.6) is 0 Å². The van der Waals surface area contributed by atoms with Crippen molar-refractivity contribution in [2.75, 3.05) is 0 Å². The molecule has 1 rings (SSSR count). The van der Waals surface area contributed by atoms with Gasteiger partial charge in [0.15, 0.2) is 0 Å². The highest BCUT2D eigenvalue weighted by Gasteiger charge is 2.22. The van der Waals surface area contributed by atoms with Crippen LogP contribution in [0.4, 0.5) is 8.78 Å². The number of hydrogen-bond donors (Lipinski definition) is 2. The van der Waals surface area contributed by atoms with Gasteiger partial charge in [0.2, 0.25) is 10.0 Å². The molecular formula is C6H5ClF2N2O3S. The number of alkyl halides is 2. The van der Waals surface area contributed by atoms with Crippen molar-refractivity contribution < 1.29 is 17.2 Å². The van der Waals surface area contributed by atoms with Gasteiger partial charge in [-0.3, -0.25) is 4.79 Å². The lowest BCUT2D eigenvalue weighted by Crippen LogP contribution is -2.20. The van der Waals surface area contributed by atoms with Crippen molar-refractivity contribution in [3.8, 4) is 0 Å². The van der Waals surface area contributed by atoms with Gasteiger partial charge in [0.25, 0.3) is 12.0 Å². The topological polar surface area (TPSA) is 93.0 Å². The standard InChI is InChI=1S/C6H5ClF2N2O3S/c7-2-1-3(15(10,13)14)4(5(8)9)11-6(2)12/h1,5H,(H,11,12)(H2,10,13,14). The first-order valence-corrected chi connectivity index (χ1v) is 5.39. The molecule has 0 radical (unpaired) electrons. The second-order valence-electron chi connectivity index (χ2n) is 2.57. The van der Waals surface area contributed by atoms with Crippen LogP contribution >= 0.6 is 11.6 Å². The first-order valence-electron chi connectivity index (χ1n) is 3.47. The maximum atomic E-state index is 12.3. The van der Waals surface area contributed by atoms with E-state index < -0.39 is 37.6 Å². The number of H-pyrrole nitrogens is 1. The van der Waals surface area contributed by atoms with Crippen LogP contribution in [0.1, 0.15) is 12.1 Å². The molecule has 0 atom stereocenters. The highest BCUT2D eigenvalue weighted by Crippen LogP contribution is 2.23. The molecule has 0 aliphatic heterocycles. The summed E-state index contributed by atoms with van der Waals surface area (Å²) in [5.41, 5.74) is -2.06. The first kappa shape index (κ1) is 12.1. The number of primary sulfonamides is 1. The van der Waals surface area contributed by atoms with Crippen molar-refractivity contribution >= 4 is 21.6 Å². The molecular weight excluding hydrogens is 254 g/mol. The van der Waals surface area contributed by atoms with Crippen molar-refractivity contribution in [2.24, 2.45) is 5.14 Å². The molecule has 0 aromatic carbocycles. The van der Waals surface area contributed by atoms with Gasteiger partial charge < -0.3 is 4.98 Å². The molecule has 1 heterocycles. The smallest absolute Gasteiger partial charge is 0.279 e. The third kappa shape index (κ3) is 2.52. The van der Waals surface area contributed by atoms with E-state index >= 15 is 0 Å². The molecule has 0 bridgehead atoms. The number of aromatic nitrogens is 1. The van der Waals surface area contributed by atoms with Crippen LogP contribution in [0, 0.1) is 0 Å². The van der Waals surface area contributed by atoms with E-state index in [2.05, 4.69) is 5.14 Å². The van der Waals surface area contributed by atoms with Gasteiger partial charge in [-0.2, -0.15) is 0 Å². The molecule has 0 aliphatic rings. The van der Waals surface area contributed by atoms with Crippen LogP contribution in [-0.2, 0) is 10.0 Å². The molecule has 0 fully saturated rings. The van der Waals surface area contributed by atoms with Gasteiger partial charge >= 0.3 is 0 Å². The zero-order valence-corrected chi connectivity index (χ0v) is 8.57. The fraction of sp³-hybridized carbons (Fsp3) is 0.167. The predicted molar refractivity (Wildman–Crippen MR) is 48.4 cm³/mol. The number of aromatic amines is 1. The minimum absolute atomic E-state index is 0.525. The van der Waals surface area contributed by atoms with Crippen LogP contribution in [0.25, 0.3) is 0 Å². The summed E-state index contributed by atoms with van der Waals surface area (Å²) in [6.45, 7) is 0. The molecule has 84 valence electrons. The zero-order valence-electron chi connectivity index (χ0n) is 7.00. The normalized spacial score (nSPS) is 12.1. The van der Waals surface area contributed by atoms with Crippen molar-refractivity contribution in [2.45, 2.75) is 11.3 Å². The van der Waals surface area contributed by atoms with Crippen LogP contribution in [0.15, 0.2) is 15.8 Å². The summed E-state index contributed by atoms with van der Waals surface area (Å²) in [4.78, 5) is 11.6. The summed E-state index contributed by atoms with van der Waals surface area (Å²) >= 11 is 5.29. The number of halogens is 3. The van der Waals surface area contributed by atoms with E-state index in [0.717, 1.165) is 0 Å². The molecule has 0 saturated carbocycles. The Morgan fingerprint density at radius 1 is 1.47 bits per heavy atom. The van der Waals surface area contributed by atoms with E-state index in [1.165, 1.54) is 0 Å². The molecule has 15 heavy (non-hydrogen) atoms. The van der Waals surface area contributed by atoms with E-state index in [1.54, 1.807) is 4.98 Å². The molecule has 0 aliphatic carbocycles. The number of hydrogen-bond acceptors (Lipinski definition) is 3. The van der Waals surface area contributed by atoms with E-state index in [4.69, 9.17) is 11.6 Å². The second-order valence-corrected chi connectivity index (χ2v) is 4.51. The Balaban J connectivity index is 3.64. The van der Waals surface area contributed by atoms with E-state index in [1.807, 2.05) is 0 Å². The fourth-order valence-corrected chi connectivity index (χ4v) is 1.85. The Kier molecular flexibility index (Phi) is 3.12. The minimum Gasteiger partial charge on any atom is -0.319 e. The summed E-state index contributed by atoms with van der Waals surface area (Å²) in [6, 6.07) is 0.594. The quantitative estimate of drug-likeness (QED) is 0.814. The third-order valence-electron chi connectivity index (χ3n) is 1.51. The SMILES string of the molecule is NS(=O)(=O)c1cc(Cl)c(=O)[nH]c1C(F)F. The number of nitrogens with one attached hydrogen (secondary N) is 1. The van der Waals surface area contributed by atoms with Gasteiger partial charge in [-0.05, 0) is 6.07 Å². The summed E-state index contributed by atoms with van der Waals surface area (Å²) < 4.78 is 46.4. The Hall–Kier alpha value is -0.990. The lowest BCUT2D eigenvalue weighted by atomic mass is 10.3. The highest BCUT2D eigenvalue weighted by atomic mass is 35.5. The monoisotopic (exact) mass is 258 g/mol. The molecule has 0 amide bonds. The summed E-state index contributed by atoms with van der Waals surface area (Å²) in [6.07, 6.45) is -3.16. The number of sulfonamides is 1.